The molecule has 2 rings (SSSR count). The summed E-state index contributed by atoms with van der Waals surface area (Å²) in [6.45, 7) is 1.59. The maximum Gasteiger partial charge on any atom is 0.272 e. The van der Waals surface area contributed by atoms with Gasteiger partial charge in [0, 0.05) is 0 Å². The van der Waals surface area contributed by atoms with E-state index < -0.39 is 17.4 Å². The largest absolute Gasteiger partial charge is 0.272 e. The van der Waals surface area contributed by atoms with Gasteiger partial charge in [-0.1, -0.05) is 18.2 Å². The molecule has 74 valence electrons. The zero-order valence-corrected chi connectivity index (χ0v) is 8.36. The lowest BCUT2D eigenvalue weighted by Gasteiger charge is -2.10. The summed E-state index contributed by atoms with van der Waals surface area (Å²) in [5, 5.41) is 0. The van der Waals surface area contributed by atoms with E-state index in [1.807, 2.05) is 6.07 Å². The molecular weight excluding hydrogens is 202 g/mol. The summed E-state index contributed by atoms with van der Waals surface area (Å²) in [5.41, 5.74) is 0.597. The Balaban J connectivity index is 2.36. The summed E-state index contributed by atoms with van der Waals surface area (Å²) in [6, 6.07) is 8.83. The van der Waals surface area contributed by atoms with Gasteiger partial charge >= 0.3 is 0 Å². The van der Waals surface area contributed by atoms with Gasteiger partial charge in [-0.15, -0.1) is 0 Å². The SMILES string of the molecule is CC1OS(=O)N(c2ccccc2)C1=O. The maximum absolute atomic E-state index is 11.5. The lowest BCUT2D eigenvalue weighted by Crippen LogP contribution is -2.28. The van der Waals surface area contributed by atoms with Crippen molar-refractivity contribution in [2.24, 2.45) is 0 Å². The molecule has 2 atom stereocenters. The average molecular weight is 211 g/mol. The molecule has 0 aliphatic carbocycles. The highest BCUT2D eigenvalue weighted by molar-refractivity contribution is 7.83. The van der Waals surface area contributed by atoms with E-state index in [2.05, 4.69) is 0 Å². The van der Waals surface area contributed by atoms with Crippen molar-refractivity contribution in [3.8, 4) is 0 Å². The number of carbonyl (C=O) groups is 1. The van der Waals surface area contributed by atoms with Gasteiger partial charge in [-0.05, 0) is 19.1 Å². The number of hydrogen-bond acceptors (Lipinski definition) is 3. The van der Waals surface area contributed by atoms with Crippen LogP contribution in [-0.4, -0.2) is 16.2 Å². The van der Waals surface area contributed by atoms with E-state index in [1.165, 1.54) is 0 Å². The minimum Gasteiger partial charge on any atom is -0.270 e. The molecule has 5 heteroatoms. The third kappa shape index (κ3) is 1.44. The number of benzene rings is 1. The van der Waals surface area contributed by atoms with Crippen LogP contribution >= 0.6 is 0 Å². The van der Waals surface area contributed by atoms with Crippen LogP contribution in [0.5, 0.6) is 0 Å². The van der Waals surface area contributed by atoms with Gasteiger partial charge in [-0.2, -0.15) is 0 Å². The molecule has 2 unspecified atom stereocenters. The molecule has 1 aliphatic heterocycles. The van der Waals surface area contributed by atoms with Crippen LogP contribution in [0.25, 0.3) is 0 Å². The quantitative estimate of drug-likeness (QED) is 0.696. The van der Waals surface area contributed by atoms with Crippen molar-refractivity contribution in [3.63, 3.8) is 0 Å². The Bertz CT molecular complexity index is 379. The molecule has 1 aromatic rings. The molecule has 0 spiro atoms. The van der Waals surface area contributed by atoms with Crippen molar-refractivity contribution in [1.82, 2.24) is 0 Å². The standard InChI is InChI=1S/C9H9NO3S/c1-7-9(11)10(14(12)13-7)8-5-3-2-4-6-8/h2-7H,1H3. The van der Waals surface area contributed by atoms with Crippen molar-refractivity contribution in [2.45, 2.75) is 13.0 Å². The summed E-state index contributed by atoms with van der Waals surface area (Å²) in [6.07, 6.45) is -0.629. The lowest BCUT2D eigenvalue weighted by molar-refractivity contribution is -0.121. The third-order valence-corrected chi connectivity index (χ3v) is 3.06. The predicted octanol–water partition coefficient (Wildman–Crippen LogP) is 1.02. The fourth-order valence-corrected chi connectivity index (χ4v) is 2.23. The fraction of sp³-hybridized carbons (Fsp3) is 0.222. The molecule has 1 saturated heterocycles. The van der Waals surface area contributed by atoms with Crippen LogP contribution in [-0.2, 0) is 20.2 Å². The first kappa shape index (κ1) is 9.36. The molecule has 0 saturated carbocycles. The Morgan fingerprint density at radius 1 is 1.36 bits per heavy atom. The van der Waals surface area contributed by atoms with Gasteiger partial charge in [0.15, 0.2) is 6.10 Å². The van der Waals surface area contributed by atoms with Gasteiger partial charge in [-0.25, -0.2) is 8.51 Å². The van der Waals surface area contributed by atoms with E-state index in [0.29, 0.717) is 5.69 Å². The van der Waals surface area contributed by atoms with E-state index in [0.717, 1.165) is 4.31 Å². The summed E-state index contributed by atoms with van der Waals surface area (Å²) in [5.74, 6) is -0.269. The molecule has 14 heavy (non-hydrogen) atoms. The molecule has 1 fully saturated rings. The monoisotopic (exact) mass is 211 g/mol. The molecule has 0 radical (unpaired) electrons. The molecule has 1 amide bonds. The molecule has 1 aromatic carbocycles. The van der Waals surface area contributed by atoms with Crippen molar-refractivity contribution in [3.05, 3.63) is 30.3 Å². The summed E-state index contributed by atoms with van der Waals surface area (Å²) < 4.78 is 17.4. The highest BCUT2D eigenvalue weighted by atomic mass is 32.2. The molecule has 4 nitrogen and oxygen atoms in total. The van der Waals surface area contributed by atoms with Crippen LogP contribution in [0.3, 0.4) is 0 Å². The van der Waals surface area contributed by atoms with Crippen LogP contribution in [0.2, 0.25) is 0 Å². The maximum atomic E-state index is 11.5. The normalized spacial score (nSPS) is 26.9. The van der Waals surface area contributed by atoms with Crippen molar-refractivity contribution in [1.29, 1.82) is 0 Å². The fourth-order valence-electron chi connectivity index (χ4n) is 1.22. The molecule has 1 heterocycles. The second-order valence-corrected chi connectivity index (χ2v) is 3.92. The Kier molecular flexibility index (Phi) is 2.35. The third-order valence-electron chi connectivity index (χ3n) is 1.91. The number of anilines is 1. The minimum absolute atomic E-state index is 0.269. The molecule has 0 aromatic heterocycles. The number of nitrogens with zero attached hydrogens (tertiary/aromatic N) is 1. The topological polar surface area (TPSA) is 46.6 Å². The van der Waals surface area contributed by atoms with E-state index in [9.17, 15) is 9.00 Å². The Morgan fingerprint density at radius 2 is 2.00 bits per heavy atom. The van der Waals surface area contributed by atoms with E-state index in [1.54, 1.807) is 31.2 Å². The van der Waals surface area contributed by atoms with Crippen molar-refractivity contribution < 1.29 is 13.2 Å². The second-order valence-electron chi connectivity index (χ2n) is 2.92. The molecular formula is C9H9NO3S. The highest BCUT2D eigenvalue weighted by Gasteiger charge is 2.37. The number of para-hydroxylation sites is 1. The van der Waals surface area contributed by atoms with Gasteiger partial charge in [0.1, 0.15) is 0 Å². The van der Waals surface area contributed by atoms with Crippen molar-refractivity contribution in [2.75, 3.05) is 4.31 Å². The zero-order valence-electron chi connectivity index (χ0n) is 7.54. The van der Waals surface area contributed by atoms with Crippen LogP contribution in [0.4, 0.5) is 5.69 Å². The Hall–Kier alpha value is -1.20. The van der Waals surface area contributed by atoms with Gasteiger partial charge in [-0.3, -0.25) is 8.98 Å². The van der Waals surface area contributed by atoms with Crippen LogP contribution < -0.4 is 4.31 Å². The van der Waals surface area contributed by atoms with Gasteiger partial charge < -0.3 is 0 Å². The first-order chi connectivity index (χ1) is 6.70. The molecule has 0 bridgehead atoms. The van der Waals surface area contributed by atoms with Crippen molar-refractivity contribution >= 4 is 22.9 Å². The van der Waals surface area contributed by atoms with E-state index in [4.69, 9.17) is 4.18 Å². The van der Waals surface area contributed by atoms with Crippen LogP contribution in [0, 0.1) is 0 Å². The average Bonchev–Trinajstić information content (AvgIpc) is 2.43. The molecule has 1 aliphatic rings. The van der Waals surface area contributed by atoms with E-state index >= 15 is 0 Å². The summed E-state index contributed by atoms with van der Waals surface area (Å²) in [7, 11) is 0. The van der Waals surface area contributed by atoms with Crippen LogP contribution in [0.15, 0.2) is 30.3 Å². The summed E-state index contributed by atoms with van der Waals surface area (Å²) in [4.78, 5) is 11.5. The van der Waals surface area contributed by atoms with Gasteiger partial charge in [0.2, 0.25) is 0 Å². The summed E-state index contributed by atoms with van der Waals surface area (Å²) >= 11 is -1.69. The Morgan fingerprint density at radius 3 is 2.50 bits per heavy atom. The van der Waals surface area contributed by atoms with Gasteiger partial charge in [0.25, 0.3) is 17.2 Å². The number of carbonyl (C=O) groups excluding carboxylic acids is 1. The van der Waals surface area contributed by atoms with Crippen LogP contribution in [0.1, 0.15) is 6.92 Å². The zero-order chi connectivity index (χ0) is 10.1. The smallest absolute Gasteiger partial charge is 0.270 e. The predicted molar refractivity (Wildman–Crippen MR) is 52.6 cm³/mol. The first-order valence-corrected chi connectivity index (χ1v) is 5.21. The second kappa shape index (κ2) is 3.51. The number of rotatable bonds is 1. The highest BCUT2D eigenvalue weighted by Crippen LogP contribution is 2.23. The van der Waals surface area contributed by atoms with E-state index in [-0.39, 0.29) is 5.91 Å². The first-order valence-electron chi connectivity index (χ1n) is 4.18. The Labute approximate surface area is 84.3 Å². The molecule has 0 N–H and O–H groups in total. The lowest BCUT2D eigenvalue weighted by atomic mass is 10.3. The van der Waals surface area contributed by atoms with Gasteiger partial charge in [0.05, 0.1) is 5.69 Å². The number of hydrogen-bond donors (Lipinski definition) is 0. The minimum atomic E-state index is -1.69. The number of amides is 1.